The van der Waals surface area contributed by atoms with Crippen LogP contribution in [0.1, 0.15) is 224 Å². The summed E-state index contributed by atoms with van der Waals surface area (Å²) >= 11 is 3.37. The number of pyridine rings is 4. The molecular weight excluding hydrogens is 1670 g/mol. The van der Waals surface area contributed by atoms with Crippen molar-refractivity contribution < 1.29 is 67.9 Å². The minimum atomic E-state index is -1.66. The van der Waals surface area contributed by atoms with Crippen LogP contribution in [-0.4, -0.2) is 120 Å². The topological polar surface area (TPSA) is 518 Å². The van der Waals surface area contributed by atoms with E-state index in [1.807, 2.05) is 78.9 Å². The molecule has 0 radical (unpaired) electrons. The second-order valence-corrected chi connectivity index (χ2v) is 35.4. The van der Waals surface area contributed by atoms with E-state index in [4.69, 9.17) is 77.0 Å². The van der Waals surface area contributed by atoms with Gasteiger partial charge in [-0.25, -0.2) is 29.6 Å². The number of ketones is 1. The van der Waals surface area contributed by atoms with Crippen LogP contribution in [0.5, 0.6) is 0 Å². The van der Waals surface area contributed by atoms with E-state index < -0.39 is 25.1 Å². The number of ether oxygens (including phenoxy) is 1. The molecule has 0 amide bonds. The zero-order valence-corrected chi connectivity index (χ0v) is 70.9. The molecule has 9 aromatic rings. The monoisotopic (exact) mass is 1780 g/mol. The van der Waals surface area contributed by atoms with Crippen LogP contribution < -0.4 is 11.5 Å². The SMILES string of the molecule is C.C.C.C.C#Cc1cc(-c2cccc(C#N)c2)nc(N)n1.CC(C)(C)[Si](C)(C)OCc1cccc(Br)n1.CCC1CCC(O)(c2cccc(CN=[N+]=[N-])n2)C1.CCC1CCC(O)(c2cccc(CO)n2)C1.CCOC(=O)C1CCC(=O)C1.N#Cc1cccc(-c2cc(-c3cn(Cc4cccc(C5(O)CCCC5)n4)nn3)nc(N)n2)c1.O=C=O.O=C=O.O=C=O. The lowest BCUT2D eigenvalue weighted by molar-refractivity contribution is -0.193. The van der Waals surface area contributed by atoms with Gasteiger partial charge in [0.25, 0.3) is 0 Å². The fourth-order valence-corrected chi connectivity index (χ4v) is 14.4. The van der Waals surface area contributed by atoms with Gasteiger partial charge in [0, 0.05) is 34.6 Å². The first-order valence-corrected chi connectivity index (χ1v) is 42.3. The number of aliphatic hydroxyl groups excluding tert-OH is 1. The Kier molecular flexibility index (Phi) is 48.5. The molecule has 7 heterocycles. The highest BCUT2D eigenvalue weighted by Crippen LogP contribution is 2.45. The van der Waals surface area contributed by atoms with Crippen molar-refractivity contribution in [1.29, 1.82) is 10.5 Å². The maximum Gasteiger partial charge on any atom is 0.373 e. The largest absolute Gasteiger partial charge is 0.466 e. The average molecular weight is 1780 g/mol. The van der Waals surface area contributed by atoms with Crippen molar-refractivity contribution in [3.05, 3.63) is 211 Å². The number of aliphatic hydroxyl groups is 4. The third-order valence-corrected chi connectivity index (χ3v) is 25.4. The third-order valence-electron chi connectivity index (χ3n) is 20.4. The second kappa shape index (κ2) is 54.8. The van der Waals surface area contributed by atoms with Crippen LogP contribution in [0.2, 0.25) is 18.1 Å². The van der Waals surface area contributed by atoms with Gasteiger partial charge in [-0.05, 0) is 201 Å². The van der Waals surface area contributed by atoms with Crippen molar-refractivity contribution in [2.75, 3.05) is 18.1 Å². The number of rotatable bonds is 18. The molecule has 34 heteroatoms. The summed E-state index contributed by atoms with van der Waals surface area (Å²) in [7, 11) is -1.66. The number of hydrogen-bond donors (Lipinski definition) is 6. The predicted octanol–water partition coefficient (Wildman–Crippen LogP) is 16.0. The summed E-state index contributed by atoms with van der Waals surface area (Å²) in [5.74, 6) is 3.65. The van der Waals surface area contributed by atoms with E-state index in [1.165, 1.54) is 0 Å². The van der Waals surface area contributed by atoms with Gasteiger partial charge in [0.15, 0.2) is 8.32 Å². The number of nitrogens with two attached hydrogens (primary N) is 2. The molecule has 0 bridgehead atoms. The fourth-order valence-electron chi connectivity index (χ4n) is 13.1. The number of nitrogen functional groups attached to an aromatic ring is 2. The Morgan fingerprint density at radius 1 is 0.637 bits per heavy atom. The molecule has 660 valence electrons. The van der Waals surface area contributed by atoms with Gasteiger partial charge in [0.1, 0.15) is 38.6 Å². The molecule has 2 aromatic carbocycles. The van der Waals surface area contributed by atoms with E-state index in [1.54, 1.807) is 72.4 Å². The molecule has 4 aliphatic carbocycles. The Balaban J connectivity index is 0.000000748. The van der Waals surface area contributed by atoms with Crippen LogP contribution in [0.4, 0.5) is 11.9 Å². The predicted molar refractivity (Wildman–Crippen MR) is 471 cm³/mol. The minimum absolute atomic E-state index is 0. The van der Waals surface area contributed by atoms with Crippen molar-refractivity contribution in [3.63, 3.8) is 0 Å². The summed E-state index contributed by atoms with van der Waals surface area (Å²) in [5, 5.41) is 71.3. The molecule has 13 rings (SSSR count). The highest BCUT2D eigenvalue weighted by atomic mass is 79.9. The summed E-state index contributed by atoms with van der Waals surface area (Å²) in [5.41, 5.74) is 28.0. The molecule has 5 atom stereocenters. The van der Waals surface area contributed by atoms with E-state index in [0.29, 0.717) is 113 Å². The lowest BCUT2D eigenvalue weighted by Gasteiger charge is -2.36. The molecule has 0 aliphatic heterocycles. The molecule has 32 nitrogen and oxygen atoms in total. The number of Topliss-reactive ketones (excluding diaryl/α,β-unsaturated/α-hetero) is 1. The molecule has 0 saturated heterocycles. The highest BCUT2D eigenvalue weighted by molar-refractivity contribution is 9.10. The van der Waals surface area contributed by atoms with Crippen LogP contribution in [-0.2, 0) is 90.6 Å². The number of benzene rings is 2. The number of nitrogens with zero attached hydrogens (tertiary/aromatic N) is 16. The number of anilines is 2. The van der Waals surface area contributed by atoms with Gasteiger partial charge in [0.2, 0.25) is 11.9 Å². The van der Waals surface area contributed by atoms with Crippen molar-refractivity contribution in [2.45, 2.75) is 229 Å². The molecule has 0 spiro atoms. The van der Waals surface area contributed by atoms with Gasteiger partial charge in [-0.3, -0.25) is 24.5 Å². The highest BCUT2D eigenvalue weighted by Gasteiger charge is 2.41. The van der Waals surface area contributed by atoms with Crippen LogP contribution >= 0.6 is 15.9 Å². The molecule has 124 heavy (non-hydrogen) atoms. The Morgan fingerprint density at radius 3 is 1.57 bits per heavy atom. The van der Waals surface area contributed by atoms with Crippen molar-refractivity contribution in [2.24, 2.45) is 22.9 Å². The van der Waals surface area contributed by atoms with Gasteiger partial charge >= 0.3 is 24.4 Å². The van der Waals surface area contributed by atoms with Crippen LogP contribution in [0.25, 0.3) is 44.3 Å². The smallest absolute Gasteiger partial charge is 0.373 e. The first-order chi connectivity index (χ1) is 57.3. The lowest BCUT2D eigenvalue weighted by Crippen LogP contribution is -2.40. The summed E-state index contributed by atoms with van der Waals surface area (Å²) in [6, 6.07) is 44.5. The van der Waals surface area contributed by atoms with Gasteiger partial charge < -0.3 is 41.1 Å². The molecule has 8 N–H and O–H groups in total. The second-order valence-electron chi connectivity index (χ2n) is 29.7. The molecule has 4 saturated carbocycles. The van der Waals surface area contributed by atoms with E-state index in [-0.39, 0.29) is 95.9 Å². The van der Waals surface area contributed by atoms with Gasteiger partial charge in [-0.1, -0.05) is 155 Å². The summed E-state index contributed by atoms with van der Waals surface area (Å²) in [6.07, 6.45) is 20.4. The Morgan fingerprint density at radius 2 is 1.10 bits per heavy atom. The number of hydrogen-bond acceptors (Lipinski definition) is 29. The maximum atomic E-state index is 11.0. The maximum absolute atomic E-state index is 11.0. The van der Waals surface area contributed by atoms with Crippen LogP contribution in [0.15, 0.2) is 149 Å². The lowest BCUT2D eigenvalue weighted by atomic mass is 9.94. The number of halogens is 1. The van der Waals surface area contributed by atoms with E-state index in [9.17, 15) is 24.9 Å². The van der Waals surface area contributed by atoms with E-state index in [2.05, 4.69) is 142 Å². The standard InChI is InChI=1S/C24H22N8O.C13H18N4O.C13H8N4.C13H19NO2.C12H20BrNOSi.C8H12O3.3CO2.4CH4/c25-13-16-5-3-6-17(11-16)19-12-20(29-23(26)28-19)21-15-32(31-30-21)14-18-7-4-8-22(27-18)24(33)9-1-2-10-24;1-2-10-6-7-13(18,8-10)12-5-3-4-11(16-12)9-15-17-14;1-2-11-7-12(17-13(15)16-11)10-5-3-4-9(6-10)8-14;1-2-10-6-7-13(16,8-10)12-5-3-4-11(9-15)14-12;1-12(2,3)16(4,5)15-9-10-7-6-8-11(13)14-10;1-2-11-8(10)6-3-4-7(9)5-6;3*2-1-3;;;;/h3-8,11-12,15,33H,1-2,9-10,14H2,(H2,26,28,29);3-5,10,18H,2,6-9H2,1H3;1,3-7H,(H2,15,16,17);3-5,10,15-16H,2,6-9H2,1H3;6-8H,9H2,1-5H3;6H,2-5H2,1H3;;;;4*1H4. The molecule has 4 fully saturated rings. The molecule has 4 aliphatic rings. The Labute approximate surface area is 735 Å². The zero-order chi connectivity index (χ0) is 88.5. The first kappa shape index (κ1) is 110. The van der Waals surface area contributed by atoms with Crippen LogP contribution in [0.3, 0.4) is 0 Å². The van der Waals surface area contributed by atoms with Crippen molar-refractivity contribution in [1.82, 2.24) is 54.9 Å². The van der Waals surface area contributed by atoms with E-state index in [0.717, 1.165) is 110 Å². The molecule has 7 aromatic heterocycles. The number of terminal acetylenes is 1. The van der Waals surface area contributed by atoms with Crippen molar-refractivity contribution >= 4 is 66.4 Å². The number of nitriles is 2. The fraction of sp³-hybridized carbons (Fsp3) is 0.433. The van der Waals surface area contributed by atoms with Crippen molar-refractivity contribution in [3.8, 4) is 58.4 Å². The summed E-state index contributed by atoms with van der Waals surface area (Å²) in [6.45, 7) is 18.9. The Bertz CT molecular complexity index is 5130. The van der Waals surface area contributed by atoms with Crippen LogP contribution in [0, 0.1) is 52.8 Å². The first-order valence-electron chi connectivity index (χ1n) is 38.6. The minimum Gasteiger partial charge on any atom is -0.466 e. The number of carbonyl (C=O) groups is 2. The quantitative estimate of drug-likeness (QED) is 0.00883. The average Bonchev–Trinajstić information content (AvgIpc) is 1.54. The molecular formula is C90H115BrN18O14Si. The Hall–Kier alpha value is -12.4. The van der Waals surface area contributed by atoms with Gasteiger partial charge in [-0.15, -0.1) is 11.5 Å². The number of esters is 1. The normalized spacial score (nSPS) is 16.9. The molecule has 5 unspecified atom stereocenters. The van der Waals surface area contributed by atoms with Gasteiger partial charge in [0.05, 0.1) is 120 Å². The third kappa shape index (κ3) is 34.8. The van der Waals surface area contributed by atoms with Gasteiger partial charge in [-0.2, -0.15) is 39.3 Å². The summed E-state index contributed by atoms with van der Waals surface area (Å²) in [4.78, 5) is 108. The summed E-state index contributed by atoms with van der Waals surface area (Å²) < 4.78 is 13.4. The van der Waals surface area contributed by atoms with E-state index >= 15 is 0 Å². The number of azide groups is 1. The zero-order valence-electron chi connectivity index (χ0n) is 68.3. The number of aromatic nitrogens is 11. The number of carbonyl (C=O) groups excluding carboxylic acids is 8.